The van der Waals surface area contributed by atoms with Crippen molar-refractivity contribution in [2.24, 2.45) is 4.99 Å². The Balaban J connectivity index is 0.000000791. The van der Waals surface area contributed by atoms with E-state index in [-0.39, 0.29) is 11.7 Å². The Morgan fingerprint density at radius 1 is 1.36 bits per heavy atom. The van der Waals surface area contributed by atoms with Crippen molar-refractivity contribution in [1.29, 1.82) is 0 Å². The summed E-state index contributed by atoms with van der Waals surface area (Å²) >= 11 is 4.24. The molecule has 0 spiro atoms. The van der Waals surface area contributed by atoms with Crippen molar-refractivity contribution < 1.29 is 9.59 Å². The number of ketones is 1. The van der Waals surface area contributed by atoms with Crippen molar-refractivity contribution in [3.63, 3.8) is 0 Å². The number of hydrogen-bond acceptors (Lipinski definition) is 3. The minimum atomic E-state index is -0.00319. The topological polar surface area (TPSA) is 49.7 Å². The summed E-state index contributed by atoms with van der Waals surface area (Å²) in [4.78, 5) is 27.5. The quantitative estimate of drug-likeness (QED) is 0.558. The van der Waals surface area contributed by atoms with Crippen LogP contribution in [0.15, 0.2) is 4.99 Å². The van der Waals surface area contributed by atoms with E-state index in [1.165, 1.54) is 6.21 Å². The molecule has 0 N–H and O–H groups in total. The summed E-state index contributed by atoms with van der Waals surface area (Å²) in [7, 11) is 1.71. The van der Waals surface area contributed by atoms with Gasteiger partial charge in [0, 0.05) is 70.2 Å². The van der Waals surface area contributed by atoms with Gasteiger partial charge in [-0.1, -0.05) is 0 Å². The van der Waals surface area contributed by atoms with Crippen LogP contribution in [0.4, 0.5) is 0 Å². The molecule has 1 heterocycles. The molecule has 0 aromatic carbocycles. The molecule has 1 rings (SSSR count). The molecule has 4 nitrogen and oxygen atoms in total. The van der Waals surface area contributed by atoms with Crippen LogP contribution in [-0.4, -0.2) is 42.9 Å². The van der Waals surface area contributed by atoms with Crippen LogP contribution in [0.1, 0.15) is 12.8 Å². The van der Waals surface area contributed by atoms with Gasteiger partial charge in [-0.25, -0.2) is 0 Å². The van der Waals surface area contributed by atoms with E-state index in [0.29, 0.717) is 25.9 Å². The van der Waals surface area contributed by atoms with E-state index in [9.17, 15) is 9.59 Å². The average molecular weight is 422 g/mol. The van der Waals surface area contributed by atoms with Gasteiger partial charge in [0.2, 0.25) is 5.91 Å². The third-order valence-electron chi connectivity index (χ3n) is 1.81. The van der Waals surface area contributed by atoms with Gasteiger partial charge in [-0.15, -0.1) is 0 Å². The number of aliphatic imine (C=N–C) groups is 1. The highest BCUT2D eigenvalue weighted by Gasteiger charge is 2.10. The third kappa shape index (κ3) is 5.89. The number of Topliss-reactive ketones (excluding diaryl/α,β-unsaturated/α-hetero) is 1. The SMILES string of the molecule is CN1CCC(=O)C=NCCC1=O.II. The lowest BCUT2D eigenvalue weighted by atomic mass is 10.3. The Bertz CT molecular complexity index is 231. The lowest BCUT2D eigenvalue weighted by Crippen LogP contribution is -2.28. The fraction of sp³-hybridized carbons (Fsp3) is 0.625. The number of halogens is 2. The van der Waals surface area contributed by atoms with Crippen molar-refractivity contribution in [3.8, 4) is 0 Å². The summed E-state index contributed by atoms with van der Waals surface area (Å²) in [6.45, 7) is 0.929. The van der Waals surface area contributed by atoms with E-state index in [1.54, 1.807) is 11.9 Å². The first-order chi connectivity index (χ1) is 6.70. The van der Waals surface area contributed by atoms with Crippen LogP contribution in [0, 0.1) is 0 Å². The van der Waals surface area contributed by atoms with Crippen molar-refractivity contribution in [2.45, 2.75) is 12.8 Å². The van der Waals surface area contributed by atoms with Crippen LogP contribution in [0.2, 0.25) is 0 Å². The Morgan fingerprint density at radius 3 is 2.64 bits per heavy atom. The minimum Gasteiger partial charge on any atom is -0.345 e. The van der Waals surface area contributed by atoms with E-state index in [0.717, 1.165) is 0 Å². The summed E-state index contributed by atoms with van der Waals surface area (Å²) in [5.74, 6) is 0.0541. The molecule has 1 aliphatic rings. The maximum Gasteiger partial charge on any atom is 0.224 e. The fourth-order valence-corrected chi connectivity index (χ4v) is 0.985. The normalized spacial score (nSPS) is 17.8. The van der Waals surface area contributed by atoms with Crippen LogP contribution in [-0.2, 0) is 9.59 Å². The predicted octanol–water partition coefficient (Wildman–Crippen LogP) is 1.65. The number of nitrogens with zero attached hydrogens (tertiary/aromatic N) is 2. The number of carbonyl (C=O) groups excluding carboxylic acids is 2. The van der Waals surface area contributed by atoms with Crippen LogP contribution < -0.4 is 0 Å². The highest BCUT2D eigenvalue weighted by Crippen LogP contribution is 1.96. The molecule has 0 aromatic rings. The lowest BCUT2D eigenvalue weighted by molar-refractivity contribution is -0.129. The highest BCUT2D eigenvalue weighted by molar-refractivity contribution is 15.0. The molecule has 80 valence electrons. The van der Waals surface area contributed by atoms with E-state index in [4.69, 9.17) is 0 Å². The Morgan fingerprint density at radius 2 is 2.00 bits per heavy atom. The molecule has 0 bridgehead atoms. The highest BCUT2D eigenvalue weighted by atomic mass is 128. The molecule has 14 heavy (non-hydrogen) atoms. The molecule has 1 amide bonds. The second-order valence-electron chi connectivity index (χ2n) is 2.82. The zero-order chi connectivity index (χ0) is 11.0. The van der Waals surface area contributed by atoms with Crippen LogP contribution >= 0.6 is 37.2 Å². The molecule has 0 unspecified atom stereocenters. The molecule has 0 aliphatic carbocycles. The zero-order valence-corrected chi connectivity index (χ0v) is 12.2. The van der Waals surface area contributed by atoms with Gasteiger partial charge in [0.05, 0.1) is 6.21 Å². The molecule has 0 saturated heterocycles. The van der Waals surface area contributed by atoms with Crippen LogP contribution in [0.25, 0.3) is 0 Å². The molecule has 0 saturated carbocycles. The zero-order valence-electron chi connectivity index (χ0n) is 7.87. The maximum absolute atomic E-state index is 11.2. The molecular weight excluding hydrogens is 410 g/mol. The molecule has 0 radical (unpaired) electrons. The molecular formula is C8H12I2N2O2. The standard InChI is InChI=1S/C8H12N2O2.I2/c1-10-5-3-7(11)6-9-4-2-8(10)12;1-2/h6H,2-5H2,1H3;. The van der Waals surface area contributed by atoms with E-state index < -0.39 is 0 Å². The first-order valence-electron chi connectivity index (χ1n) is 4.11. The van der Waals surface area contributed by atoms with Crippen molar-refractivity contribution in [2.75, 3.05) is 20.1 Å². The van der Waals surface area contributed by atoms with Gasteiger partial charge < -0.3 is 4.90 Å². The van der Waals surface area contributed by atoms with Gasteiger partial charge in [0.15, 0.2) is 5.78 Å². The number of amides is 1. The molecule has 0 aromatic heterocycles. The maximum atomic E-state index is 11.2. The van der Waals surface area contributed by atoms with E-state index >= 15 is 0 Å². The van der Waals surface area contributed by atoms with Gasteiger partial charge >= 0.3 is 0 Å². The monoisotopic (exact) mass is 422 g/mol. The van der Waals surface area contributed by atoms with Crippen molar-refractivity contribution >= 4 is 55.1 Å². The van der Waals surface area contributed by atoms with Crippen molar-refractivity contribution in [1.82, 2.24) is 4.90 Å². The Kier molecular flexibility index (Phi) is 8.73. The molecule has 1 aliphatic heterocycles. The Hall–Kier alpha value is 0.270. The minimum absolute atomic E-state index is 0.00319. The van der Waals surface area contributed by atoms with Crippen LogP contribution in [0.3, 0.4) is 0 Å². The smallest absolute Gasteiger partial charge is 0.224 e. The largest absolute Gasteiger partial charge is 0.345 e. The summed E-state index contributed by atoms with van der Waals surface area (Å²) in [6, 6.07) is 0. The lowest BCUT2D eigenvalue weighted by Gasteiger charge is -2.14. The summed E-state index contributed by atoms with van der Waals surface area (Å²) < 4.78 is 0. The molecule has 0 fully saturated rings. The number of rotatable bonds is 0. The van der Waals surface area contributed by atoms with Gasteiger partial charge in [-0.3, -0.25) is 14.6 Å². The van der Waals surface area contributed by atoms with Gasteiger partial charge in [-0.05, 0) is 0 Å². The average Bonchev–Trinajstić information content (AvgIpc) is 2.28. The number of carbonyl (C=O) groups is 2. The van der Waals surface area contributed by atoms with Crippen LogP contribution in [0.5, 0.6) is 0 Å². The Labute approximate surface area is 107 Å². The summed E-state index contributed by atoms with van der Waals surface area (Å²) in [6.07, 6.45) is 2.11. The van der Waals surface area contributed by atoms with Crippen molar-refractivity contribution in [3.05, 3.63) is 0 Å². The third-order valence-corrected chi connectivity index (χ3v) is 1.81. The number of hydrogen-bond donors (Lipinski definition) is 0. The molecule has 0 atom stereocenters. The fourth-order valence-electron chi connectivity index (χ4n) is 0.985. The van der Waals surface area contributed by atoms with E-state index in [2.05, 4.69) is 42.2 Å². The summed E-state index contributed by atoms with van der Waals surface area (Å²) in [5, 5.41) is 0. The first kappa shape index (κ1) is 14.3. The predicted molar refractivity (Wildman–Crippen MR) is 73.3 cm³/mol. The second kappa shape index (κ2) is 8.57. The first-order valence-corrected chi connectivity index (χ1v) is 10.4. The molecule has 6 heteroatoms. The van der Waals surface area contributed by atoms with Gasteiger partial charge in [0.25, 0.3) is 0 Å². The van der Waals surface area contributed by atoms with E-state index in [1.807, 2.05) is 0 Å². The summed E-state index contributed by atoms with van der Waals surface area (Å²) in [5.41, 5.74) is 0. The van der Waals surface area contributed by atoms with Gasteiger partial charge in [-0.2, -0.15) is 0 Å². The second-order valence-corrected chi connectivity index (χ2v) is 2.82. The van der Waals surface area contributed by atoms with Gasteiger partial charge in [0.1, 0.15) is 0 Å².